The van der Waals surface area contributed by atoms with E-state index in [9.17, 15) is 4.79 Å². The minimum absolute atomic E-state index is 0.308. The van der Waals surface area contributed by atoms with Crippen LogP contribution in [0.2, 0.25) is 0 Å². The average Bonchev–Trinajstić information content (AvgIpc) is 3.00. The van der Waals surface area contributed by atoms with Crippen LogP contribution in [0.25, 0.3) is 16.6 Å². The van der Waals surface area contributed by atoms with Gasteiger partial charge in [0.15, 0.2) is 11.5 Å². The summed E-state index contributed by atoms with van der Waals surface area (Å²) in [7, 11) is 0. The number of hydrogen-bond donors (Lipinski definition) is 1. The molecular weight excluding hydrogens is 290 g/mol. The van der Waals surface area contributed by atoms with Gasteiger partial charge in [-0.1, -0.05) is 24.3 Å². The predicted molar refractivity (Wildman–Crippen MR) is 85.1 cm³/mol. The number of benzene rings is 2. The Morgan fingerprint density at radius 3 is 2.70 bits per heavy atom. The van der Waals surface area contributed by atoms with Gasteiger partial charge in [0.1, 0.15) is 0 Å². The van der Waals surface area contributed by atoms with Gasteiger partial charge in [0.05, 0.1) is 17.1 Å². The summed E-state index contributed by atoms with van der Waals surface area (Å²) in [6.07, 6.45) is 0.501. The van der Waals surface area contributed by atoms with Gasteiger partial charge >= 0.3 is 5.69 Å². The van der Waals surface area contributed by atoms with Crippen molar-refractivity contribution in [3.8, 4) is 6.07 Å². The van der Waals surface area contributed by atoms with E-state index in [4.69, 9.17) is 5.26 Å². The van der Waals surface area contributed by atoms with Crippen LogP contribution in [-0.2, 0) is 6.42 Å². The molecule has 0 saturated heterocycles. The zero-order valence-electron chi connectivity index (χ0n) is 12.0. The highest BCUT2D eigenvalue weighted by Crippen LogP contribution is 2.15. The summed E-state index contributed by atoms with van der Waals surface area (Å²) in [5, 5.41) is 14.0. The summed E-state index contributed by atoms with van der Waals surface area (Å²) in [6, 6.07) is 16.8. The molecule has 0 spiro atoms. The second kappa shape index (κ2) is 5.07. The van der Waals surface area contributed by atoms with Gasteiger partial charge in [0.2, 0.25) is 0 Å². The molecule has 0 saturated carbocycles. The van der Waals surface area contributed by atoms with Crippen LogP contribution >= 0.6 is 0 Å². The van der Waals surface area contributed by atoms with Crippen LogP contribution < -0.4 is 5.69 Å². The van der Waals surface area contributed by atoms with Crippen molar-refractivity contribution >= 4 is 16.6 Å². The minimum atomic E-state index is -0.308. The lowest BCUT2D eigenvalue weighted by atomic mass is 10.1. The Balaban J connectivity index is 1.82. The SMILES string of the molecule is N#Cc1ccc(Cc2nc3c4ccccc4[nH]c(=O)n3n2)cc1. The monoisotopic (exact) mass is 301 g/mol. The molecular formula is C17H11N5O. The third-order valence-corrected chi connectivity index (χ3v) is 3.70. The summed E-state index contributed by atoms with van der Waals surface area (Å²) in [5.41, 5.74) is 2.58. The number of H-pyrrole nitrogens is 1. The standard InChI is InChI=1S/C17H11N5O/c18-10-12-7-5-11(6-8-12)9-15-20-16-13-3-1-2-4-14(13)19-17(23)22(16)21-15/h1-8H,9H2,(H,19,23). The van der Waals surface area contributed by atoms with E-state index in [2.05, 4.69) is 21.1 Å². The van der Waals surface area contributed by atoms with E-state index in [-0.39, 0.29) is 5.69 Å². The number of nitriles is 1. The highest BCUT2D eigenvalue weighted by molar-refractivity contribution is 5.90. The van der Waals surface area contributed by atoms with E-state index < -0.39 is 0 Å². The zero-order valence-corrected chi connectivity index (χ0v) is 12.0. The van der Waals surface area contributed by atoms with Crippen LogP contribution in [0.3, 0.4) is 0 Å². The van der Waals surface area contributed by atoms with Crippen molar-refractivity contribution in [2.45, 2.75) is 6.42 Å². The molecule has 0 fully saturated rings. The first-order valence-electron chi connectivity index (χ1n) is 7.10. The first-order valence-corrected chi connectivity index (χ1v) is 7.10. The highest BCUT2D eigenvalue weighted by atomic mass is 16.1. The Hall–Kier alpha value is -3.46. The number of hydrogen-bond acceptors (Lipinski definition) is 4. The Labute approximate surface area is 130 Å². The molecule has 23 heavy (non-hydrogen) atoms. The van der Waals surface area contributed by atoms with Gasteiger partial charge in [-0.15, -0.1) is 5.10 Å². The topological polar surface area (TPSA) is 86.8 Å². The van der Waals surface area contributed by atoms with Gasteiger partial charge in [-0.2, -0.15) is 9.78 Å². The van der Waals surface area contributed by atoms with Crippen LogP contribution in [0.5, 0.6) is 0 Å². The van der Waals surface area contributed by atoms with Crippen molar-refractivity contribution in [1.82, 2.24) is 19.6 Å². The molecule has 2 aromatic heterocycles. The second-order valence-electron chi connectivity index (χ2n) is 5.22. The Kier molecular flexibility index (Phi) is 2.91. The Morgan fingerprint density at radius 1 is 1.13 bits per heavy atom. The van der Waals surface area contributed by atoms with E-state index in [0.29, 0.717) is 23.5 Å². The second-order valence-corrected chi connectivity index (χ2v) is 5.22. The fraction of sp³-hybridized carbons (Fsp3) is 0.0588. The maximum Gasteiger partial charge on any atom is 0.348 e. The smallest absolute Gasteiger partial charge is 0.305 e. The van der Waals surface area contributed by atoms with Crippen molar-refractivity contribution in [2.75, 3.05) is 0 Å². The molecule has 0 radical (unpaired) electrons. The number of rotatable bonds is 2. The van der Waals surface area contributed by atoms with E-state index in [1.165, 1.54) is 4.52 Å². The third-order valence-electron chi connectivity index (χ3n) is 3.70. The van der Waals surface area contributed by atoms with Crippen molar-refractivity contribution in [3.63, 3.8) is 0 Å². The fourth-order valence-corrected chi connectivity index (χ4v) is 2.58. The molecule has 110 valence electrons. The quantitative estimate of drug-likeness (QED) is 0.613. The molecule has 0 aliphatic carbocycles. The van der Waals surface area contributed by atoms with E-state index >= 15 is 0 Å². The molecule has 6 nitrogen and oxygen atoms in total. The van der Waals surface area contributed by atoms with Crippen LogP contribution in [-0.4, -0.2) is 19.6 Å². The van der Waals surface area contributed by atoms with Crippen LogP contribution in [0, 0.1) is 11.3 Å². The molecule has 4 aromatic rings. The molecule has 0 aliphatic heterocycles. The summed E-state index contributed by atoms with van der Waals surface area (Å²) in [6.45, 7) is 0. The maximum absolute atomic E-state index is 12.1. The lowest BCUT2D eigenvalue weighted by Gasteiger charge is -1.97. The molecule has 0 amide bonds. The van der Waals surface area contributed by atoms with Gasteiger partial charge in [-0.3, -0.25) is 0 Å². The minimum Gasteiger partial charge on any atom is -0.305 e. The number of nitrogens with zero attached hydrogens (tertiary/aromatic N) is 4. The predicted octanol–water partition coefficient (Wildman–Crippen LogP) is 2.03. The molecule has 1 N–H and O–H groups in total. The van der Waals surface area contributed by atoms with Crippen molar-refractivity contribution in [2.24, 2.45) is 0 Å². The fourth-order valence-electron chi connectivity index (χ4n) is 2.58. The average molecular weight is 301 g/mol. The number of fused-ring (bicyclic) bond motifs is 3. The Morgan fingerprint density at radius 2 is 1.91 bits per heavy atom. The van der Waals surface area contributed by atoms with Crippen LogP contribution in [0.15, 0.2) is 53.3 Å². The van der Waals surface area contributed by atoms with E-state index in [0.717, 1.165) is 16.5 Å². The molecule has 4 rings (SSSR count). The van der Waals surface area contributed by atoms with Crippen LogP contribution in [0.4, 0.5) is 0 Å². The summed E-state index contributed by atoms with van der Waals surface area (Å²) >= 11 is 0. The molecule has 6 heteroatoms. The maximum atomic E-state index is 12.1. The molecule has 0 atom stereocenters. The molecule has 2 aromatic carbocycles. The molecule has 0 unspecified atom stereocenters. The van der Waals surface area contributed by atoms with Gasteiger partial charge in [-0.25, -0.2) is 9.78 Å². The number of para-hydroxylation sites is 1. The summed E-state index contributed by atoms with van der Waals surface area (Å²) in [4.78, 5) is 19.4. The summed E-state index contributed by atoms with van der Waals surface area (Å²) in [5.74, 6) is 0.566. The van der Waals surface area contributed by atoms with E-state index in [1.54, 1.807) is 12.1 Å². The normalized spacial score (nSPS) is 10.9. The Bertz CT molecular complexity index is 1120. The first kappa shape index (κ1) is 13.2. The van der Waals surface area contributed by atoms with Crippen LogP contribution in [0.1, 0.15) is 17.0 Å². The number of aromatic nitrogens is 4. The summed E-state index contributed by atoms with van der Waals surface area (Å²) < 4.78 is 1.29. The third kappa shape index (κ3) is 2.24. The van der Waals surface area contributed by atoms with Crippen molar-refractivity contribution in [1.29, 1.82) is 5.26 Å². The molecule has 0 aliphatic rings. The molecule has 2 heterocycles. The largest absolute Gasteiger partial charge is 0.348 e. The lowest BCUT2D eigenvalue weighted by molar-refractivity contribution is 0.847. The van der Waals surface area contributed by atoms with Gasteiger partial charge in [0.25, 0.3) is 0 Å². The van der Waals surface area contributed by atoms with Gasteiger partial charge in [0, 0.05) is 11.8 Å². The highest BCUT2D eigenvalue weighted by Gasteiger charge is 2.11. The van der Waals surface area contributed by atoms with Crippen molar-refractivity contribution < 1.29 is 0 Å². The first-order chi connectivity index (χ1) is 11.2. The van der Waals surface area contributed by atoms with Gasteiger partial charge in [-0.05, 0) is 29.8 Å². The van der Waals surface area contributed by atoms with E-state index in [1.807, 2.05) is 36.4 Å². The molecule has 0 bridgehead atoms. The number of aromatic amines is 1. The lowest BCUT2D eigenvalue weighted by Crippen LogP contribution is -2.17. The zero-order chi connectivity index (χ0) is 15.8. The number of nitrogens with one attached hydrogen (secondary N) is 1. The van der Waals surface area contributed by atoms with Gasteiger partial charge < -0.3 is 4.98 Å². The van der Waals surface area contributed by atoms with Crippen molar-refractivity contribution in [3.05, 3.63) is 76.0 Å².